The van der Waals surface area contributed by atoms with Crippen molar-refractivity contribution in [2.45, 2.75) is 45.1 Å². The third-order valence-corrected chi connectivity index (χ3v) is 6.64. The van der Waals surface area contributed by atoms with Crippen molar-refractivity contribution < 1.29 is 9.53 Å². The first-order valence-electron chi connectivity index (χ1n) is 12.0. The number of hydrogen-bond donors (Lipinski definition) is 1. The van der Waals surface area contributed by atoms with Crippen LogP contribution in [0, 0.1) is 5.92 Å². The Hall–Kier alpha value is -4.01. The number of hydrogen-bond acceptors (Lipinski definition) is 6. The molecule has 2 bridgehead atoms. The summed E-state index contributed by atoms with van der Waals surface area (Å²) in [6.07, 6.45) is 8.83. The van der Waals surface area contributed by atoms with Gasteiger partial charge in [0.15, 0.2) is 5.82 Å². The molecular formula is C26H27N7O2. The Morgan fingerprint density at radius 1 is 1.11 bits per heavy atom. The summed E-state index contributed by atoms with van der Waals surface area (Å²) in [5.41, 5.74) is 3.08. The Morgan fingerprint density at radius 3 is 2.86 bits per heavy atom. The molecule has 4 heterocycles. The number of amides is 1. The maximum Gasteiger partial charge on any atom is 0.260 e. The molecular weight excluding hydrogens is 442 g/mol. The molecule has 1 saturated carbocycles. The largest absolute Gasteiger partial charge is 0.492 e. The van der Waals surface area contributed by atoms with Crippen LogP contribution in [0.2, 0.25) is 0 Å². The van der Waals surface area contributed by atoms with Crippen molar-refractivity contribution in [2.75, 3.05) is 11.9 Å². The lowest BCUT2D eigenvalue weighted by Gasteiger charge is -2.21. The number of carbonyl (C=O) groups is 1. The smallest absolute Gasteiger partial charge is 0.260 e. The summed E-state index contributed by atoms with van der Waals surface area (Å²) in [6, 6.07) is 11.3. The lowest BCUT2D eigenvalue weighted by Crippen LogP contribution is -2.19. The Bertz CT molecular complexity index is 1390. The van der Waals surface area contributed by atoms with Crippen LogP contribution < -0.4 is 10.1 Å². The SMILES string of the molecule is C[C@H]1COc2ccc(-n3cnc(C4CC4)c3)cc2C(=O)Nc2cccc(n2)-c2nncn2[C@@H](C)C1. The van der Waals surface area contributed by atoms with Crippen LogP contribution >= 0.6 is 0 Å². The lowest BCUT2D eigenvalue weighted by atomic mass is 10.0. The van der Waals surface area contributed by atoms with Crippen LogP contribution in [0.25, 0.3) is 17.2 Å². The summed E-state index contributed by atoms with van der Waals surface area (Å²) >= 11 is 0. The molecule has 0 saturated heterocycles. The van der Waals surface area contributed by atoms with E-state index in [-0.39, 0.29) is 17.9 Å². The van der Waals surface area contributed by atoms with Crippen molar-refractivity contribution in [3.63, 3.8) is 0 Å². The van der Waals surface area contributed by atoms with Crippen LogP contribution in [0.5, 0.6) is 5.75 Å². The standard InChI is InChI=1S/C26H27N7O2/c1-16-10-17(2)33-15-28-31-25(33)21-4-3-5-24(29-21)30-26(34)20-11-19(8-9-23(20)35-13-16)32-12-22(27-14-32)18-6-7-18/h3-5,8-9,11-12,14-18H,6-7,10,13H2,1-2H3,(H,29,30,34)/t16-,17+/m1/s1. The normalized spacial score (nSPS) is 20.2. The number of nitrogens with one attached hydrogen (secondary N) is 1. The molecule has 178 valence electrons. The van der Waals surface area contributed by atoms with Gasteiger partial charge in [-0.1, -0.05) is 13.0 Å². The molecule has 1 aromatic carbocycles. The van der Waals surface area contributed by atoms with E-state index in [0.717, 1.165) is 17.8 Å². The second-order valence-corrected chi connectivity index (χ2v) is 9.59. The second kappa shape index (κ2) is 8.65. The van der Waals surface area contributed by atoms with Gasteiger partial charge in [-0.15, -0.1) is 10.2 Å². The summed E-state index contributed by atoms with van der Waals surface area (Å²) in [7, 11) is 0. The summed E-state index contributed by atoms with van der Waals surface area (Å²) in [6.45, 7) is 4.77. The fourth-order valence-corrected chi connectivity index (χ4v) is 4.61. The van der Waals surface area contributed by atoms with E-state index in [1.54, 1.807) is 12.4 Å². The van der Waals surface area contributed by atoms with Gasteiger partial charge in [0.1, 0.15) is 23.6 Å². The fraction of sp³-hybridized carbons (Fsp3) is 0.346. The van der Waals surface area contributed by atoms with Crippen LogP contribution in [0.3, 0.4) is 0 Å². The quantitative estimate of drug-likeness (QED) is 0.459. The van der Waals surface area contributed by atoms with Crippen LogP contribution in [0.15, 0.2) is 55.2 Å². The summed E-state index contributed by atoms with van der Waals surface area (Å²) in [5, 5.41) is 11.3. The molecule has 35 heavy (non-hydrogen) atoms. The number of imidazole rings is 1. The van der Waals surface area contributed by atoms with Crippen LogP contribution in [0.4, 0.5) is 5.82 Å². The van der Waals surface area contributed by atoms with Gasteiger partial charge in [-0.2, -0.15) is 0 Å². The van der Waals surface area contributed by atoms with Crippen molar-refractivity contribution in [2.24, 2.45) is 5.92 Å². The van der Waals surface area contributed by atoms with Crippen LogP contribution in [0.1, 0.15) is 61.1 Å². The van der Waals surface area contributed by atoms with E-state index in [0.29, 0.717) is 41.2 Å². The first kappa shape index (κ1) is 21.5. The molecule has 0 spiro atoms. The summed E-state index contributed by atoms with van der Waals surface area (Å²) < 4.78 is 10.2. The van der Waals surface area contributed by atoms with Gasteiger partial charge in [-0.05, 0) is 62.4 Å². The molecule has 1 amide bonds. The number of benzene rings is 1. The average molecular weight is 470 g/mol. The maximum atomic E-state index is 13.4. The van der Waals surface area contributed by atoms with Crippen molar-refractivity contribution in [1.29, 1.82) is 0 Å². The molecule has 0 radical (unpaired) electrons. The molecule has 1 aliphatic heterocycles. The van der Waals surface area contributed by atoms with E-state index >= 15 is 0 Å². The average Bonchev–Trinajstić information content (AvgIpc) is 3.38. The Labute approximate surface area is 203 Å². The van der Waals surface area contributed by atoms with Gasteiger partial charge in [-0.25, -0.2) is 9.97 Å². The molecule has 1 fully saturated rings. The highest BCUT2D eigenvalue weighted by atomic mass is 16.5. The number of rotatable bonds is 2. The van der Waals surface area contributed by atoms with E-state index in [1.807, 2.05) is 52.0 Å². The minimum atomic E-state index is -0.284. The molecule has 3 aromatic heterocycles. The zero-order chi connectivity index (χ0) is 23.9. The molecule has 9 heteroatoms. The Kier molecular flexibility index (Phi) is 5.32. The van der Waals surface area contributed by atoms with Gasteiger partial charge in [0.25, 0.3) is 5.91 Å². The molecule has 1 aliphatic carbocycles. The molecule has 9 nitrogen and oxygen atoms in total. The van der Waals surface area contributed by atoms with Gasteiger partial charge in [0.05, 0.1) is 24.2 Å². The molecule has 4 aromatic rings. The van der Waals surface area contributed by atoms with Crippen molar-refractivity contribution >= 4 is 11.7 Å². The third-order valence-electron chi connectivity index (χ3n) is 6.64. The van der Waals surface area contributed by atoms with Crippen molar-refractivity contribution in [1.82, 2.24) is 29.3 Å². The van der Waals surface area contributed by atoms with Gasteiger partial charge in [0, 0.05) is 23.8 Å². The Balaban J connectivity index is 1.39. The highest BCUT2D eigenvalue weighted by molar-refractivity contribution is 6.06. The number of fused-ring (bicyclic) bond motifs is 5. The predicted octanol–water partition coefficient (Wildman–Crippen LogP) is 4.64. The van der Waals surface area contributed by atoms with Crippen molar-refractivity contribution in [3.05, 3.63) is 66.5 Å². The molecule has 0 unspecified atom stereocenters. The topological polar surface area (TPSA) is 99.8 Å². The number of pyridine rings is 1. The molecule has 2 atom stereocenters. The zero-order valence-corrected chi connectivity index (χ0v) is 19.8. The third kappa shape index (κ3) is 4.29. The fourth-order valence-electron chi connectivity index (χ4n) is 4.61. The van der Waals surface area contributed by atoms with E-state index in [4.69, 9.17) is 4.74 Å². The van der Waals surface area contributed by atoms with Gasteiger partial charge < -0.3 is 19.2 Å². The minimum Gasteiger partial charge on any atom is -0.492 e. The number of anilines is 1. The second-order valence-electron chi connectivity index (χ2n) is 9.59. The first-order valence-corrected chi connectivity index (χ1v) is 12.0. The van der Waals surface area contributed by atoms with Gasteiger partial charge in [0.2, 0.25) is 0 Å². The van der Waals surface area contributed by atoms with Crippen LogP contribution in [-0.2, 0) is 0 Å². The summed E-state index contributed by atoms with van der Waals surface area (Å²) in [4.78, 5) is 22.6. The summed E-state index contributed by atoms with van der Waals surface area (Å²) in [5.74, 6) is 2.18. The first-order chi connectivity index (χ1) is 17.0. The van der Waals surface area contributed by atoms with Gasteiger partial charge >= 0.3 is 0 Å². The van der Waals surface area contributed by atoms with E-state index < -0.39 is 0 Å². The Morgan fingerprint density at radius 2 is 2.00 bits per heavy atom. The highest BCUT2D eigenvalue weighted by Gasteiger charge is 2.26. The van der Waals surface area contributed by atoms with E-state index in [9.17, 15) is 4.79 Å². The molecule has 1 N–H and O–H groups in total. The number of ether oxygens (including phenoxy) is 1. The maximum absolute atomic E-state index is 13.4. The molecule has 6 rings (SSSR count). The zero-order valence-electron chi connectivity index (χ0n) is 19.8. The monoisotopic (exact) mass is 469 g/mol. The number of carbonyl (C=O) groups excluding carboxylic acids is 1. The van der Waals surface area contributed by atoms with Gasteiger partial charge in [-0.3, -0.25) is 4.79 Å². The predicted molar refractivity (Wildman–Crippen MR) is 131 cm³/mol. The lowest BCUT2D eigenvalue weighted by molar-refractivity contribution is 0.102. The minimum absolute atomic E-state index is 0.158. The molecule has 2 aliphatic rings. The number of aromatic nitrogens is 6. The van der Waals surface area contributed by atoms with E-state index in [1.165, 1.54) is 12.8 Å². The van der Waals surface area contributed by atoms with Crippen molar-refractivity contribution in [3.8, 4) is 23.0 Å². The highest BCUT2D eigenvalue weighted by Crippen LogP contribution is 2.39. The number of nitrogens with zero attached hydrogens (tertiary/aromatic N) is 6. The van der Waals surface area contributed by atoms with Crippen LogP contribution in [-0.4, -0.2) is 41.8 Å². The van der Waals surface area contributed by atoms with E-state index in [2.05, 4.69) is 39.3 Å².